The van der Waals surface area contributed by atoms with Gasteiger partial charge in [-0.1, -0.05) is 12.1 Å². The maximum Gasteiger partial charge on any atom is 0.173 e. The molecule has 2 rings (SSSR count). The first-order valence-corrected chi connectivity index (χ1v) is 6.41. The molecule has 5 heteroatoms. The fourth-order valence-corrected chi connectivity index (χ4v) is 2.34. The quantitative estimate of drug-likeness (QED) is 0.621. The van der Waals surface area contributed by atoms with E-state index in [-0.39, 0.29) is 11.3 Å². The van der Waals surface area contributed by atoms with E-state index >= 15 is 0 Å². The smallest absolute Gasteiger partial charge is 0.173 e. The summed E-state index contributed by atoms with van der Waals surface area (Å²) in [4.78, 5) is 12.1. The number of hydrogen-bond donors (Lipinski definition) is 0. The molecular weight excluding hydrogens is 273 g/mol. The molecule has 0 aliphatic heterocycles. The molecule has 1 nitrogen and oxygen atoms in total. The van der Waals surface area contributed by atoms with Gasteiger partial charge in [-0.25, -0.2) is 13.2 Å². The molecule has 2 aromatic rings. The van der Waals surface area contributed by atoms with Crippen molar-refractivity contribution in [3.05, 3.63) is 65.5 Å². The summed E-state index contributed by atoms with van der Waals surface area (Å²) < 4.78 is 39.2. The standard InChI is InChI=1S/C14H9F3OS/c15-10-5-9(6-11(16)7-10)13(18)8-19-14-4-2-1-3-12(14)17/h1-7H,8H2. The summed E-state index contributed by atoms with van der Waals surface area (Å²) in [5.74, 6) is -2.57. The van der Waals surface area contributed by atoms with Crippen molar-refractivity contribution in [3.8, 4) is 0 Å². The zero-order valence-electron chi connectivity index (χ0n) is 9.70. The van der Waals surface area contributed by atoms with Gasteiger partial charge in [0, 0.05) is 16.5 Å². The maximum absolute atomic E-state index is 13.3. The van der Waals surface area contributed by atoms with Crippen molar-refractivity contribution in [2.45, 2.75) is 4.90 Å². The Morgan fingerprint density at radius 2 is 1.63 bits per heavy atom. The highest BCUT2D eigenvalue weighted by Gasteiger charge is 2.11. The Morgan fingerprint density at radius 1 is 1.00 bits per heavy atom. The zero-order valence-corrected chi connectivity index (χ0v) is 10.5. The Kier molecular flexibility index (Phi) is 4.27. The van der Waals surface area contributed by atoms with E-state index in [1.54, 1.807) is 18.2 Å². The Balaban J connectivity index is 2.08. The summed E-state index contributed by atoms with van der Waals surface area (Å²) >= 11 is 0.992. The number of carbonyl (C=O) groups excluding carboxylic acids is 1. The lowest BCUT2D eigenvalue weighted by Crippen LogP contribution is -2.04. The van der Waals surface area contributed by atoms with Crippen LogP contribution in [0, 0.1) is 17.5 Å². The van der Waals surface area contributed by atoms with Crippen molar-refractivity contribution in [2.75, 3.05) is 5.75 Å². The fraction of sp³-hybridized carbons (Fsp3) is 0.0714. The number of hydrogen-bond acceptors (Lipinski definition) is 2. The third-order valence-electron chi connectivity index (χ3n) is 2.38. The van der Waals surface area contributed by atoms with Gasteiger partial charge in [0.05, 0.1) is 5.75 Å². The van der Waals surface area contributed by atoms with Gasteiger partial charge < -0.3 is 0 Å². The number of thioether (sulfide) groups is 1. The van der Waals surface area contributed by atoms with E-state index in [1.165, 1.54) is 6.07 Å². The predicted molar refractivity (Wildman–Crippen MR) is 67.8 cm³/mol. The first kappa shape index (κ1) is 13.7. The van der Waals surface area contributed by atoms with Gasteiger partial charge in [-0.15, -0.1) is 11.8 Å². The van der Waals surface area contributed by atoms with Crippen molar-refractivity contribution in [2.24, 2.45) is 0 Å². The molecule has 0 unspecified atom stereocenters. The van der Waals surface area contributed by atoms with E-state index < -0.39 is 23.2 Å². The Hall–Kier alpha value is -1.75. The van der Waals surface area contributed by atoms with Crippen LogP contribution < -0.4 is 0 Å². The topological polar surface area (TPSA) is 17.1 Å². The normalized spacial score (nSPS) is 10.5. The lowest BCUT2D eigenvalue weighted by Gasteiger charge is -2.03. The molecule has 0 amide bonds. The minimum Gasteiger partial charge on any atom is -0.293 e. The van der Waals surface area contributed by atoms with Gasteiger partial charge in [-0.05, 0) is 24.3 Å². The van der Waals surface area contributed by atoms with Crippen molar-refractivity contribution in [3.63, 3.8) is 0 Å². The van der Waals surface area contributed by atoms with Crippen LogP contribution >= 0.6 is 11.8 Å². The molecule has 0 fully saturated rings. The summed E-state index contributed by atoms with van der Waals surface area (Å²) in [6.07, 6.45) is 0. The number of Topliss-reactive ketones (excluding diaryl/α,β-unsaturated/α-hetero) is 1. The monoisotopic (exact) mass is 282 g/mol. The molecule has 19 heavy (non-hydrogen) atoms. The molecule has 0 aliphatic carbocycles. The fourth-order valence-electron chi connectivity index (χ4n) is 1.50. The molecule has 0 bridgehead atoms. The third-order valence-corrected chi connectivity index (χ3v) is 3.43. The molecule has 2 aromatic carbocycles. The summed E-state index contributed by atoms with van der Waals surface area (Å²) in [6, 6.07) is 8.65. The van der Waals surface area contributed by atoms with Gasteiger partial charge in [-0.3, -0.25) is 4.79 Å². The van der Waals surface area contributed by atoms with Crippen LogP contribution in [-0.4, -0.2) is 11.5 Å². The molecule has 0 aromatic heterocycles. The summed E-state index contributed by atoms with van der Waals surface area (Å²) in [7, 11) is 0. The van der Waals surface area contributed by atoms with Crippen LogP contribution in [0.2, 0.25) is 0 Å². The van der Waals surface area contributed by atoms with Gasteiger partial charge >= 0.3 is 0 Å². The summed E-state index contributed by atoms with van der Waals surface area (Å²) in [5.41, 5.74) is -0.0543. The van der Waals surface area contributed by atoms with Gasteiger partial charge in [0.15, 0.2) is 5.78 Å². The molecule has 0 aliphatic rings. The molecule has 0 saturated carbocycles. The van der Waals surface area contributed by atoms with E-state index in [0.29, 0.717) is 11.0 Å². The van der Waals surface area contributed by atoms with Crippen molar-refractivity contribution in [1.29, 1.82) is 0 Å². The Morgan fingerprint density at radius 3 is 2.26 bits per heavy atom. The van der Waals surface area contributed by atoms with Crippen LogP contribution in [0.15, 0.2) is 47.4 Å². The summed E-state index contributed by atoms with van der Waals surface area (Å²) in [6.45, 7) is 0. The van der Waals surface area contributed by atoms with Crippen LogP contribution in [0.3, 0.4) is 0 Å². The number of benzene rings is 2. The van der Waals surface area contributed by atoms with Crippen LogP contribution in [-0.2, 0) is 0 Å². The average molecular weight is 282 g/mol. The third kappa shape index (κ3) is 3.61. The zero-order chi connectivity index (χ0) is 13.8. The van der Waals surface area contributed by atoms with E-state index in [2.05, 4.69) is 0 Å². The highest BCUT2D eigenvalue weighted by atomic mass is 32.2. The highest BCUT2D eigenvalue weighted by Crippen LogP contribution is 2.22. The van der Waals surface area contributed by atoms with E-state index in [9.17, 15) is 18.0 Å². The van der Waals surface area contributed by atoms with Crippen LogP contribution in [0.4, 0.5) is 13.2 Å². The average Bonchev–Trinajstić information content (AvgIpc) is 2.36. The Labute approximate surface area is 112 Å². The second kappa shape index (κ2) is 5.93. The van der Waals surface area contributed by atoms with Crippen molar-refractivity contribution < 1.29 is 18.0 Å². The maximum atomic E-state index is 13.3. The number of rotatable bonds is 4. The first-order chi connectivity index (χ1) is 9.06. The number of ketones is 1. The minimum absolute atomic E-state index is 0.0543. The van der Waals surface area contributed by atoms with E-state index in [0.717, 1.165) is 23.9 Å². The number of halogens is 3. The molecular formula is C14H9F3OS. The van der Waals surface area contributed by atoms with E-state index in [1.807, 2.05) is 0 Å². The van der Waals surface area contributed by atoms with Gasteiger partial charge in [-0.2, -0.15) is 0 Å². The largest absolute Gasteiger partial charge is 0.293 e. The molecule has 0 atom stereocenters. The number of carbonyl (C=O) groups is 1. The predicted octanol–water partition coefficient (Wildman–Crippen LogP) is 4.08. The summed E-state index contributed by atoms with van der Waals surface area (Å²) in [5, 5.41) is 0. The van der Waals surface area contributed by atoms with Crippen molar-refractivity contribution in [1.82, 2.24) is 0 Å². The van der Waals surface area contributed by atoms with E-state index in [4.69, 9.17) is 0 Å². The lowest BCUT2D eigenvalue weighted by molar-refractivity contribution is 0.102. The second-order valence-electron chi connectivity index (χ2n) is 3.80. The molecule has 0 spiro atoms. The van der Waals surface area contributed by atoms with Crippen LogP contribution in [0.5, 0.6) is 0 Å². The van der Waals surface area contributed by atoms with Gasteiger partial charge in [0.25, 0.3) is 0 Å². The second-order valence-corrected chi connectivity index (χ2v) is 4.82. The lowest BCUT2D eigenvalue weighted by atomic mass is 10.1. The van der Waals surface area contributed by atoms with Gasteiger partial charge in [0.1, 0.15) is 17.5 Å². The molecule has 0 heterocycles. The molecule has 0 radical (unpaired) electrons. The molecule has 0 saturated heterocycles. The van der Waals surface area contributed by atoms with Crippen molar-refractivity contribution >= 4 is 17.5 Å². The molecule has 0 N–H and O–H groups in total. The Bertz CT molecular complexity index is 593. The molecule has 98 valence electrons. The van der Waals surface area contributed by atoms with Gasteiger partial charge in [0.2, 0.25) is 0 Å². The SMILES string of the molecule is O=C(CSc1ccccc1F)c1cc(F)cc(F)c1. The first-order valence-electron chi connectivity index (χ1n) is 5.43. The highest BCUT2D eigenvalue weighted by molar-refractivity contribution is 8.00. The van der Waals surface area contributed by atoms with Crippen LogP contribution in [0.1, 0.15) is 10.4 Å². The van der Waals surface area contributed by atoms with Crippen LogP contribution in [0.25, 0.3) is 0 Å². The minimum atomic E-state index is -0.806.